The van der Waals surface area contributed by atoms with Crippen molar-refractivity contribution in [2.75, 3.05) is 26.2 Å². The third-order valence-corrected chi connectivity index (χ3v) is 2.29. The summed E-state index contributed by atoms with van der Waals surface area (Å²) in [6.07, 6.45) is 0. The predicted octanol–water partition coefficient (Wildman–Crippen LogP) is -1.64. The van der Waals surface area contributed by atoms with E-state index < -0.39 is 23.5 Å². The van der Waals surface area contributed by atoms with Crippen LogP contribution < -0.4 is 11.1 Å². The van der Waals surface area contributed by atoms with E-state index in [0.717, 1.165) is 0 Å². The number of carbonyl (C=O) groups excluding carboxylic acids is 2. The number of rotatable bonds is 5. The van der Waals surface area contributed by atoms with Crippen molar-refractivity contribution in [2.45, 2.75) is 12.5 Å². The number of nitrogens with two attached hydrogens (primary N) is 1. The standard InChI is InChI=1S/C9H15N3O5/c1-9(17-3-7(14)15)4-12(5-9)2-6(13)11-8(10)16/h2-5H2,1H3,(H,14,15)(H3,10,11,13,16). The van der Waals surface area contributed by atoms with Gasteiger partial charge in [-0.15, -0.1) is 0 Å². The lowest BCUT2D eigenvalue weighted by Gasteiger charge is -2.46. The minimum absolute atomic E-state index is 0.0367. The molecule has 0 aromatic carbocycles. The molecule has 0 aliphatic carbocycles. The smallest absolute Gasteiger partial charge is 0.329 e. The van der Waals surface area contributed by atoms with Crippen molar-refractivity contribution >= 4 is 17.9 Å². The van der Waals surface area contributed by atoms with Crippen molar-refractivity contribution in [3.8, 4) is 0 Å². The van der Waals surface area contributed by atoms with E-state index in [9.17, 15) is 14.4 Å². The first-order chi connectivity index (χ1) is 7.81. The lowest BCUT2D eigenvalue weighted by molar-refractivity contribution is -0.166. The van der Waals surface area contributed by atoms with Crippen LogP contribution in [0.15, 0.2) is 0 Å². The van der Waals surface area contributed by atoms with Gasteiger partial charge in [0.25, 0.3) is 0 Å². The number of primary amides is 1. The number of carboxylic acids is 1. The molecule has 1 aliphatic rings. The minimum atomic E-state index is -1.03. The Hall–Kier alpha value is -1.67. The number of hydrogen-bond donors (Lipinski definition) is 3. The molecule has 0 saturated carbocycles. The van der Waals surface area contributed by atoms with Crippen molar-refractivity contribution in [3.05, 3.63) is 0 Å². The summed E-state index contributed by atoms with van der Waals surface area (Å²) in [5.41, 5.74) is 4.23. The number of imide groups is 1. The number of ether oxygens (including phenoxy) is 1. The van der Waals surface area contributed by atoms with Crippen molar-refractivity contribution in [2.24, 2.45) is 5.73 Å². The molecule has 1 heterocycles. The molecule has 1 saturated heterocycles. The Morgan fingerprint density at radius 3 is 2.53 bits per heavy atom. The lowest BCUT2D eigenvalue weighted by atomic mass is 9.96. The molecule has 0 radical (unpaired) electrons. The molecule has 8 heteroatoms. The number of likely N-dealkylation sites (tertiary alicyclic amines) is 1. The van der Waals surface area contributed by atoms with Crippen LogP contribution in [0.3, 0.4) is 0 Å². The van der Waals surface area contributed by atoms with Gasteiger partial charge in [0.2, 0.25) is 5.91 Å². The summed E-state index contributed by atoms with van der Waals surface area (Å²) in [6, 6.07) is -0.889. The summed E-state index contributed by atoms with van der Waals surface area (Å²) in [4.78, 5) is 33.6. The molecule has 96 valence electrons. The fraction of sp³-hybridized carbons (Fsp3) is 0.667. The molecule has 1 rings (SSSR count). The fourth-order valence-electron chi connectivity index (χ4n) is 1.72. The largest absolute Gasteiger partial charge is 0.480 e. The van der Waals surface area contributed by atoms with Gasteiger partial charge in [0.15, 0.2) is 0 Å². The van der Waals surface area contributed by atoms with Crippen LogP contribution in [0.4, 0.5) is 4.79 Å². The molecular formula is C9H15N3O5. The molecule has 17 heavy (non-hydrogen) atoms. The van der Waals surface area contributed by atoms with Crippen LogP contribution in [-0.4, -0.2) is 59.8 Å². The summed E-state index contributed by atoms with van der Waals surface area (Å²) in [5.74, 6) is -1.52. The first kappa shape index (κ1) is 13.4. The van der Waals surface area contributed by atoms with Crippen LogP contribution in [0.25, 0.3) is 0 Å². The van der Waals surface area contributed by atoms with E-state index in [4.69, 9.17) is 15.6 Å². The maximum absolute atomic E-state index is 11.1. The number of amides is 3. The molecule has 1 aliphatic heterocycles. The van der Waals surface area contributed by atoms with Crippen LogP contribution in [0.1, 0.15) is 6.92 Å². The van der Waals surface area contributed by atoms with Gasteiger partial charge in [0.1, 0.15) is 6.61 Å². The minimum Gasteiger partial charge on any atom is -0.480 e. The van der Waals surface area contributed by atoms with Gasteiger partial charge in [-0.2, -0.15) is 0 Å². The monoisotopic (exact) mass is 245 g/mol. The van der Waals surface area contributed by atoms with E-state index in [-0.39, 0.29) is 13.2 Å². The maximum Gasteiger partial charge on any atom is 0.329 e. The molecule has 0 aromatic rings. The normalized spacial score (nSPS) is 18.2. The predicted molar refractivity (Wildman–Crippen MR) is 56.2 cm³/mol. The molecular weight excluding hydrogens is 230 g/mol. The molecule has 0 atom stereocenters. The van der Waals surface area contributed by atoms with Gasteiger partial charge in [-0.25, -0.2) is 9.59 Å². The number of nitrogens with one attached hydrogen (secondary N) is 1. The molecule has 8 nitrogen and oxygen atoms in total. The Morgan fingerprint density at radius 2 is 2.06 bits per heavy atom. The molecule has 3 amide bonds. The van der Waals surface area contributed by atoms with Crippen molar-refractivity contribution < 1.29 is 24.2 Å². The van der Waals surface area contributed by atoms with Gasteiger partial charge >= 0.3 is 12.0 Å². The van der Waals surface area contributed by atoms with Gasteiger partial charge < -0.3 is 15.6 Å². The zero-order valence-corrected chi connectivity index (χ0v) is 9.43. The van der Waals surface area contributed by atoms with Crippen LogP contribution in [0.2, 0.25) is 0 Å². The summed E-state index contributed by atoms with van der Waals surface area (Å²) in [5, 5.41) is 10.4. The number of urea groups is 1. The highest BCUT2D eigenvalue weighted by atomic mass is 16.5. The lowest BCUT2D eigenvalue weighted by Crippen LogP contribution is -2.63. The summed E-state index contributed by atoms with van der Waals surface area (Å²) >= 11 is 0. The van der Waals surface area contributed by atoms with Crippen LogP contribution in [0, 0.1) is 0 Å². The Kier molecular flexibility index (Phi) is 4.02. The number of carboxylic acid groups (broad SMARTS) is 1. The van der Waals surface area contributed by atoms with Crippen LogP contribution >= 0.6 is 0 Å². The topological polar surface area (TPSA) is 122 Å². The van der Waals surface area contributed by atoms with Gasteiger partial charge in [0.05, 0.1) is 12.1 Å². The third kappa shape index (κ3) is 4.37. The van der Waals surface area contributed by atoms with Gasteiger partial charge in [-0.3, -0.25) is 15.0 Å². The second-order valence-electron chi connectivity index (χ2n) is 4.19. The van der Waals surface area contributed by atoms with Gasteiger partial charge in [-0.1, -0.05) is 0 Å². The van der Waals surface area contributed by atoms with Crippen molar-refractivity contribution in [1.82, 2.24) is 10.2 Å². The highest BCUT2D eigenvalue weighted by Crippen LogP contribution is 2.23. The van der Waals surface area contributed by atoms with E-state index in [1.54, 1.807) is 11.8 Å². The summed E-state index contributed by atoms with van der Waals surface area (Å²) in [7, 11) is 0. The number of aliphatic carboxylic acids is 1. The average Bonchev–Trinajstić information content (AvgIpc) is 2.10. The van der Waals surface area contributed by atoms with E-state index in [2.05, 4.69) is 0 Å². The molecule has 0 spiro atoms. The van der Waals surface area contributed by atoms with Gasteiger partial charge in [0, 0.05) is 13.1 Å². The number of nitrogens with zero attached hydrogens (tertiary/aromatic N) is 1. The number of carbonyl (C=O) groups is 3. The quantitative estimate of drug-likeness (QED) is 0.534. The van der Waals surface area contributed by atoms with Gasteiger partial charge in [-0.05, 0) is 6.92 Å². The third-order valence-electron chi connectivity index (χ3n) is 2.29. The Labute approximate surface area is 97.7 Å². The molecule has 1 fully saturated rings. The van der Waals surface area contributed by atoms with E-state index in [1.165, 1.54) is 0 Å². The molecule has 0 bridgehead atoms. The Morgan fingerprint density at radius 1 is 1.47 bits per heavy atom. The van der Waals surface area contributed by atoms with E-state index in [1.807, 2.05) is 5.32 Å². The molecule has 4 N–H and O–H groups in total. The zero-order chi connectivity index (χ0) is 13.1. The molecule has 0 unspecified atom stereocenters. The van der Waals surface area contributed by atoms with Crippen molar-refractivity contribution in [1.29, 1.82) is 0 Å². The van der Waals surface area contributed by atoms with E-state index >= 15 is 0 Å². The zero-order valence-electron chi connectivity index (χ0n) is 9.43. The van der Waals surface area contributed by atoms with Crippen LogP contribution in [-0.2, 0) is 14.3 Å². The fourth-order valence-corrected chi connectivity index (χ4v) is 1.72. The highest BCUT2D eigenvalue weighted by molar-refractivity contribution is 5.94. The Balaban J connectivity index is 2.24. The summed E-state index contributed by atoms with van der Waals surface area (Å²) in [6.45, 7) is 2.31. The summed E-state index contributed by atoms with van der Waals surface area (Å²) < 4.78 is 5.16. The van der Waals surface area contributed by atoms with Crippen LogP contribution in [0.5, 0.6) is 0 Å². The second-order valence-corrected chi connectivity index (χ2v) is 4.19. The average molecular weight is 245 g/mol. The van der Waals surface area contributed by atoms with Crippen molar-refractivity contribution in [3.63, 3.8) is 0 Å². The second kappa shape index (κ2) is 5.11. The SMILES string of the molecule is CC1(OCC(=O)O)CN(CC(=O)NC(N)=O)C1. The van der Waals surface area contributed by atoms with E-state index in [0.29, 0.717) is 13.1 Å². The first-order valence-corrected chi connectivity index (χ1v) is 4.98. The maximum atomic E-state index is 11.1. The molecule has 0 aromatic heterocycles. The Bertz CT molecular complexity index is 338. The highest BCUT2D eigenvalue weighted by Gasteiger charge is 2.40. The number of hydrogen-bond acceptors (Lipinski definition) is 5. The first-order valence-electron chi connectivity index (χ1n) is 4.98.